The number of benzene rings is 2. The highest BCUT2D eigenvalue weighted by molar-refractivity contribution is 5.99. The second-order valence-electron chi connectivity index (χ2n) is 7.69. The van der Waals surface area contributed by atoms with Crippen molar-refractivity contribution in [3.05, 3.63) is 65.5 Å². The highest BCUT2D eigenvalue weighted by Gasteiger charge is 2.26. The maximum atomic E-state index is 14.4. The van der Waals surface area contributed by atoms with Gasteiger partial charge in [0.25, 0.3) is 5.91 Å². The highest BCUT2D eigenvalue weighted by atomic mass is 19.1. The molecule has 2 aromatic carbocycles. The number of likely N-dealkylation sites (tertiary alicyclic amines) is 1. The van der Waals surface area contributed by atoms with Crippen LogP contribution in [0.4, 0.5) is 10.1 Å². The van der Waals surface area contributed by atoms with Gasteiger partial charge in [-0.1, -0.05) is 24.3 Å². The van der Waals surface area contributed by atoms with Gasteiger partial charge in [0.2, 0.25) is 5.91 Å². The van der Waals surface area contributed by atoms with Crippen molar-refractivity contribution in [2.45, 2.75) is 31.7 Å². The minimum atomic E-state index is -0.242. The van der Waals surface area contributed by atoms with Gasteiger partial charge in [0.15, 0.2) is 0 Å². The minimum Gasteiger partial charge on any atom is -0.350 e. The fourth-order valence-electron chi connectivity index (χ4n) is 4.26. The fourth-order valence-corrected chi connectivity index (χ4v) is 4.26. The van der Waals surface area contributed by atoms with Crippen LogP contribution in [0.3, 0.4) is 0 Å². The monoisotopic (exact) mass is 395 g/mol. The van der Waals surface area contributed by atoms with Crippen LogP contribution in [0.2, 0.25) is 0 Å². The molecule has 2 aliphatic heterocycles. The Labute approximate surface area is 170 Å². The Bertz CT molecular complexity index is 895. The van der Waals surface area contributed by atoms with E-state index in [9.17, 15) is 14.0 Å². The van der Waals surface area contributed by atoms with Gasteiger partial charge in [-0.25, -0.2) is 4.39 Å². The molecule has 2 heterocycles. The van der Waals surface area contributed by atoms with E-state index in [2.05, 4.69) is 10.2 Å². The lowest BCUT2D eigenvalue weighted by molar-refractivity contribution is -0.117. The van der Waals surface area contributed by atoms with Crippen LogP contribution in [0.25, 0.3) is 0 Å². The van der Waals surface area contributed by atoms with E-state index < -0.39 is 0 Å². The Morgan fingerprint density at radius 2 is 1.83 bits per heavy atom. The number of nitrogens with one attached hydrogen (secondary N) is 1. The molecular weight excluding hydrogens is 369 g/mol. The molecule has 2 fully saturated rings. The highest BCUT2D eigenvalue weighted by Crippen LogP contribution is 2.27. The Hall–Kier alpha value is -2.73. The van der Waals surface area contributed by atoms with E-state index in [4.69, 9.17) is 0 Å². The number of carbonyl (C=O) groups excluding carboxylic acids is 2. The molecule has 0 aromatic heterocycles. The Morgan fingerprint density at radius 1 is 1.03 bits per heavy atom. The van der Waals surface area contributed by atoms with Crippen molar-refractivity contribution in [1.29, 1.82) is 0 Å². The van der Waals surface area contributed by atoms with Gasteiger partial charge in [0.1, 0.15) is 5.82 Å². The first-order valence-corrected chi connectivity index (χ1v) is 10.3. The molecule has 2 aliphatic rings. The Balaban J connectivity index is 1.48. The lowest BCUT2D eigenvalue weighted by atomic mass is 10.0. The Kier molecular flexibility index (Phi) is 5.90. The quantitative estimate of drug-likeness (QED) is 0.814. The lowest BCUT2D eigenvalue weighted by Crippen LogP contribution is -2.37. The molecule has 2 saturated heterocycles. The predicted molar refractivity (Wildman–Crippen MR) is 110 cm³/mol. The molecule has 1 atom stereocenters. The van der Waals surface area contributed by atoms with Crippen LogP contribution >= 0.6 is 0 Å². The predicted octanol–water partition coefficient (Wildman–Crippen LogP) is 3.52. The molecule has 29 heavy (non-hydrogen) atoms. The molecule has 1 N–H and O–H groups in total. The summed E-state index contributed by atoms with van der Waals surface area (Å²) in [6.07, 6.45) is 3.57. The number of nitrogens with zero attached hydrogens (tertiary/aromatic N) is 2. The van der Waals surface area contributed by atoms with Crippen LogP contribution in [-0.2, 0) is 4.79 Å². The lowest BCUT2D eigenvalue weighted by Gasteiger charge is -2.28. The summed E-state index contributed by atoms with van der Waals surface area (Å²) in [7, 11) is 0. The second kappa shape index (κ2) is 8.74. The van der Waals surface area contributed by atoms with Crippen molar-refractivity contribution in [2.75, 3.05) is 31.1 Å². The normalized spacial score (nSPS) is 18.2. The molecule has 6 heteroatoms. The van der Waals surface area contributed by atoms with Crippen molar-refractivity contribution in [1.82, 2.24) is 10.2 Å². The van der Waals surface area contributed by atoms with Crippen LogP contribution in [0.1, 0.15) is 47.6 Å². The number of halogens is 1. The van der Waals surface area contributed by atoms with E-state index in [0.29, 0.717) is 30.6 Å². The van der Waals surface area contributed by atoms with E-state index in [1.807, 2.05) is 12.1 Å². The number of amides is 2. The molecular formula is C23H26FN3O2. The molecule has 152 valence electrons. The van der Waals surface area contributed by atoms with E-state index in [-0.39, 0.29) is 23.7 Å². The zero-order valence-corrected chi connectivity index (χ0v) is 16.4. The van der Waals surface area contributed by atoms with E-state index in [0.717, 1.165) is 38.0 Å². The molecule has 0 unspecified atom stereocenters. The SMILES string of the molecule is O=C(NC[C@H](c1ccccc1F)N1CCCC1)c1cccc(N2CCCC2=O)c1. The minimum absolute atomic E-state index is 0.0937. The van der Waals surface area contributed by atoms with E-state index in [1.165, 1.54) is 6.07 Å². The van der Waals surface area contributed by atoms with Crippen LogP contribution in [0.15, 0.2) is 48.5 Å². The topological polar surface area (TPSA) is 52.7 Å². The summed E-state index contributed by atoms with van der Waals surface area (Å²) in [5, 5.41) is 2.98. The number of carbonyl (C=O) groups is 2. The van der Waals surface area contributed by atoms with E-state index >= 15 is 0 Å². The molecule has 0 spiro atoms. The first-order valence-electron chi connectivity index (χ1n) is 10.3. The van der Waals surface area contributed by atoms with Gasteiger partial charge in [-0.15, -0.1) is 0 Å². The first kappa shape index (κ1) is 19.6. The molecule has 2 amide bonds. The summed E-state index contributed by atoms with van der Waals surface area (Å²) >= 11 is 0. The zero-order chi connectivity index (χ0) is 20.2. The molecule has 0 aliphatic carbocycles. The molecule has 2 aromatic rings. The van der Waals surface area contributed by atoms with Gasteiger partial charge in [0.05, 0.1) is 6.04 Å². The smallest absolute Gasteiger partial charge is 0.251 e. The molecule has 0 radical (unpaired) electrons. The summed E-state index contributed by atoms with van der Waals surface area (Å²) in [4.78, 5) is 28.8. The molecule has 4 rings (SSSR count). The van der Waals surface area contributed by atoms with Gasteiger partial charge >= 0.3 is 0 Å². The van der Waals surface area contributed by atoms with E-state index in [1.54, 1.807) is 35.2 Å². The standard InChI is InChI=1S/C23H26FN3O2/c24-20-10-2-1-9-19(20)21(26-12-3-4-13-26)16-25-23(29)17-7-5-8-18(15-17)27-14-6-11-22(27)28/h1-2,5,7-10,15,21H,3-4,6,11-14,16H2,(H,25,29)/t21-/m1/s1. The van der Waals surface area contributed by atoms with Crippen LogP contribution < -0.4 is 10.2 Å². The third kappa shape index (κ3) is 4.32. The summed E-state index contributed by atoms with van der Waals surface area (Å²) in [5.74, 6) is -0.358. The van der Waals surface area contributed by atoms with Gasteiger partial charge < -0.3 is 10.2 Å². The average Bonchev–Trinajstić information content (AvgIpc) is 3.41. The van der Waals surface area contributed by atoms with Crippen molar-refractivity contribution < 1.29 is 14.0 Å². The number of rotatable bonds is 6. The number of hydrogen-bond donors (Lipinski definition) is 1. The van der Waals surface area contributed by atoms with Crippen LogP contribution in [-0.4, -0.2) is 42.9 Å². The third-order valence-corrected chi connectivity index (χ3v) is 5.80. The second-order valence-corrected chi connectivity index (χ2v) is 7.69. The first-order chi connectivity index (χ1) is 14.1. The zero-order valence-electron chi connectivity index (χ0n) is 16.4. The summed E-state index contributed by atoms with van der Waals surface area (Å²) in [6.45, 7) is 2.84. The molecule has 0 saturated carbocycles. The summed E-state index contributed by atoms with van der Waals surface area (Å²) < 4.78 is 14.4. The van der Waals surface area contributed by atoms with Gasteiger partial charge in [-0.2, -0.15) is 0 Å². The fraction of sp³-hybridized carbons (Fsp3) is 0.391. The van der Waals surface area contributed by atoms with Crippen molar-refractivity contribution >= 4 is 17.5 Å². The average molecular weight is 395 g/mol. The third-order valence-electron chi connectivity index (χ3n) is 5.80. The van der Waals surface area contributed by atoms with Crippen LogP contribution in [0.5, 0.6) is 0 Å². The van der Waals surface area contributed by atoms with Crippen molar-refractivity contribution in [2.24, 2.45) is 0 Å². The number of anilines is 1. The largest absolute Gasteiger partial charge is 0.350 e. The summed E-state index contributed by atoms with van der Waals surface area (Å²) in [5.41, 5.74) is 1.88. The van der Waals surface area contributed by atoms with Crippen LogP contribution in [0, 0.1) is 5.82 Å². The molecule has 5 nitrogen and oxygen atoms in total. The van der Waals surface area contributed by atoms with Gasteiger partial charge in [0, 0.05) is 36.3 Å². The van der Waals surface area contributed by atoms with Gasteiger partial charge in [-0.05, 0) is 56.6 Å². The van der Waals surface area contributed by atoms with Crippen molar-refractivity contribution in [3.63, 3.8) is 0 Å². The maximum absolute atomic E-state index is 14.4. The van der Waals surface area contributed by atoms with Gasteiger partial charge in [-0.3, -0.25) is 14.5 Å². The maximum Gasteiger partial charge on any atom is 0.251 e. The number of hydrogen-bond acceptors (Lipinski definition) is 3. The summed E-state index contributed by atoms with van der Waals surface area (Å²) in [6, 6.07) is 13.7. The Morgan fingerprint density at radius 3 is 2.55 bits per heavy atom. The van der Waals surface area contributed by atoms with Crippen molar-refractivity contribution in [3.8, 4) is 0 Å². The molecule has 0 bridgehead atoms.